The lowest BCUT2D eigenvalue weighted by molar-refractivity contribution is 0.223. The summed E-state index contributed by atoms with van der Waals surface area (Å²) in [5, 5.41) is 9.44. The van der Waals surface area contributed by atoms with Crippen molar-refractivity contribution in [3.8, 4) is 5.75 Å². The van der Waals surface area contributed by atoms with Gasteiger partial charge < -0.3 is 9.84 Å². The molecule has 0 saturated heterocycles. The van der Waals surface area contributed by atoms with Gasteiger partial charge in [0.2, 0.25) is 0 Å². The van der Waals surface area contributed by atoms with Crippen LogP contribution >= 0.6 is 0 Å². The largest absolute Gasteiger partial charge is 0.496 e. The van der Waals surface area contributed by atoms with Crippen molar-refractivity contribution in [2.45, 2.75) is 6.10 Å². The van der Waals surface area contributed by atoms with E-state index in [9.17, 15) is 5.11 Å². The SMILES string of the molecule is C=CC(O)c1ccccc1OC. The Balaban J connectivity index is 3.04. The van der Waals surface area contributed by atoms with Crippen molar-refractivity contribution < 1.29 is 9.84 Å². The van der Waals surface area contributed by atoms with Crippen molar-refractivity contribution >= 4 is 0 Å². The summed E-state index contributed by atoms with van der Waals surface area (Å²) in [6.07, 6.45) is 0.818. The summed E-state index contributed by atoms with van der Waals surface area (Å²) in [5.41, 5.74) is 0.745. The molecule has 0 bridgehead atoms. The van der Waals surface area contributed by atoms with Gasteiger partial charge in [0.15, 0.2) is 0 Å². The van der Waals surface area contributed by atoms with Crippen LogP contribution in [0.2, 0.25) is 0 Å². The summed E-state index contributed by atoms with van der Waals surface area (Å²) in [4.78, 5) is 0. The van der Waals surface area contributed by atoms with Crippen molar-refractivity contribution in [1.82, 2.24) is 0 Å². The summed E-state index contributed by atoms with van der Waals surface area (Å²) >= 11 is 0. The molecule has 0 aliphatic carbocycles. The minimum atomic E-state index is -0.652. The lowest BCUT2D eigenvalue weighted by atomic mass is 10.1. The first-order chi connectivity index (χ1) is 5.79. The van der Waals surface area contributed by atoms with Crippen LogP contribution < -0.4 is 4.74 Å². The Morgan fingerprint density at radius 2 is 2.17 bits per heavy atom. The third kappa shape index (κ3) is 1.66. The van der Waals surface area contributed by atoms with Gasteiger partial charge in [-0.1, -0.05) is 24.3 Å². The molecule has 1 unspecified atom stereocenters. The van der Waals surface area contributed by atoms with Crippen LogP contribution in [0.15, 0.2) is 36.9 Å². The third-order valence-electron chi connectivity index (χ3n) is 1.68. The lowest BCUT2D eigenvalue weighted by Crippen LogP contribution is -1.96. The van der Waals surface area contributed by atoms with Crippen LogP contribution in [0.5, 0.6) is 5.75 Å². The smallest absolute Gasteiger partial charge is 0.124 e. The van der Waals surface area contributed by atoms with Gasteiger partial charge >= 0.3 is 0 Å². The zero-order valence-electron chi connectivity index (χ0n) is 7.03. The van der Waals surface area contributed by atoms with E-state index in [1.54, 1.807) is 7.11 Å². The Morgan fingerprint density at radius 1 is 1.50 bits per heavy atom. The number of hydrogen-bond donors (Lipinski definition) is 1. The van der Waals surface area contributed by atoms with Gasteiger partial charge in [0.05, 0.1) is 7.11 Å². The molecular weight excluding hydrogens is 152 g/mol. The molecule has 2 heteroatoms. The van der Waals surface area contributed by atoms with Gasteiger partial charge in [0.25, 0.3) is 0 Å². The van der Waals surface area contributed by atoms with E-state index in [4.69, 9.17) is 4.74 Å². The van der Waals surface area contributed by atoms with E-state index in [-0.39, 0.29) is 0 Å². The number of rotatable bonds is 3. The van der Waals surface area contributed by atoms with Gasteiger partial charge in [0, 0.05) is 5.56 Å². The van der Waals surface area contributed by atoms with Gasteiger partial charge in [-0.25, -0.2) is 0 Å². The number of methoxy groups -OCH3 is 1. The molecule has 64 valence electrons. The quantitative estimate of drug-likeness (QED) is 0.691. The molecule has 0 spiro atoms. The number of ether oxygens (including phenoxy) is 1. The second kappa shape index (κ2) is 3.93. The average Bonchev–Trinajstić information content (AvgIpc) is 2.16. The van der Waals surface area contributed by atoms with E-state index >= 15 is 0 Å². The molecule has 1 aromatic carbocycles. The van der Waals surface area contributed by atoms with E-state index in [0.29, 0.717) is 5.75 Å². The summed E-state index contributed by atoms with van der Waals surface area (Å²) in [6, 6.07) is 7.33. The summed E-state index contributed by atoms with van der Waals surface area (Å²) in [6.45, 7) is 3.51. The zero-order chi connectivity index (χ0) is 8.97. The minimum absolute atomic E-state index is 0.652. The molecule has 0 aliphatic rings. The number of benzene rings is 1. The van der Waals surface area contributed by atoms with Crippen molar-refractivity contribution in [3.63, 3.8) is 0 Å². The first-order valence-electron chi connectivity index (χ1n) is 3.73. The first kappa shape index (κ1) is 8.81. The van der Waals surface area contributed by atoms with E-state index in [1.807, 2.05) is 24.3 Å². The first-order valence-corrected chi connectivity index (χ1v) is 3.73. The molecule has 0 saturated carbocycles. The fourth-order valence-electron chi connectivity index (χ4n) is 1.04. The summed E-state index contributed by atoms with van der Waals surface area (Å²) in [5.74, 6) is 0.685. The molecule has 0 fully saturated rings. The molecule has 1 rings (SSSR count). The fraction of sp³-hybridized carbons (Fsp3) is 0.200. The highest BCUT2D eigenvalue weighted by Gasteiger charge is 2.07. The molecular formula is C10H12O2. The molecule has 2 nitrogen and oxygen atoms in total. The maximum absolute atomic E-state index is 9.44. The molecule has 0 heterocycles. The van der Waals surface area contributed by atoms with Crippen LogP contribution in [0.4, 0.5) is 0 Å². The highest BCUT2D eigenvalue weighted by molar-refractivity contribution is 5.36. The molecule has 0 aromatic heterocycles. The number of para-hydroxylation sites is 1. The van der Waals surface area contributed by atoms with E-state index < -0.39 is 6.10 Å². The van der Waals surface area contributed by atoms with Crippen molar-refractivity contribution in [1.29, 1.82) is 0 Å². The van der Waals surface area contributed by atoms with Gasteiger partial charge in [-0.2, -0.15) is 0 Å². The van der Waals surface area contributed by atoms with Crippen molar-refractivity contribution in [2.75, 3.05) is 7.11 Å². The second-order valence-electron chi connectivity index (χ2n) is 2.42. The van der Waals surface area contributed by atoms with Gasteiger partial charge in [-0.05, 0) is 6.07 Å². The van der Waals surface area contributed by atoms with Crippen molar-refractivity contribution in [3.05, 3.63) is 42.5 Å². The molecule has 1 atom stereocenters. The monoisotopic (exact) mass is 164 g/mol. The molecule has 0 amide bonds. The molecule has 1 aromatic rings. The topological polar surface area (TPSA) is 29.5 Å². The van der Waals surface area contributed by atoms with Gasteiger partial charge in [-0.15, -0.1) is 6.58 Å². The molecule has 1 N–H and O–H groups in total. The zero-order valence-corrected chi connectivity index (χ0v) is 7.03. The fourth-order valence-corrected chi connectivity index (χ4v) is 1.04. The Kier molecular flexibility index (Phi) is 2.88. The highest BCUT2D eigenvalue weighted by Crippen LogP contribution is 2.24. The van der Waals surface area contributed by atoms with Crippen LogP contribution in [0.25, 0.3) is 0 Å². The molecule has 0 radical (unpaired) electrons. The predicted molar refractivity (Wildman–Crippen MR) is 48.2 cm³/mol. The summed E-state index contributed by atoms with van der Waals surface area (Å²) < 4.78 is 5.06. The standard InChI is InChI=1S/C10H12O2/c1-3-9(11)8-6-4-5-7-10(8)12-2/h3-7,9,11H,1H2,2H3. The van der Waals surface area contributed by atoms with Crippen LogP contribution in [0.3, 0.4) is 0 Å². The van der Waals surface area contributed by atoms with Crippen LogP contribution in [0.1, 0.15) is 11.7 Å². The normalized spacial score (nSPS) is 12.2. The Hall–Kier alpha value is -1.28. The number of hydrogen-bond acceptors (Lipinski definition) is 2. The Bertz CT molecular complexity index is 268. The van der Waals surface area contributed by atoms with E-state index in [0.717, 1.165) is 5.56 Å². The van der Waals surface area contributed by atoms with Crippen molar-refractivity contribution in [2.24, 2.45) is 0 Å². The predicted octanol–water partition coefficient (Wildman–Crippen LogP) is 1.91. The summed E-state index contributed by atoms with van der Waals surface area (Å²) in [7, 11) is 1.58. The van der Waals surface area contributed by atoms with Crippen LogP contribution in [0, 0.1) is 0 Å². The third-order valence-corrected chi connectivity index (χ3v) is 1.68. The molecule has 0 aliphatic heterocycles. The number of aliphatic hydroxyl groups is 1. The average molecular weight is 164 g/mol. The lowest BCUT2D eigenvalue weighted by Gasteiger charge is -2.10. The second-order valence-corrected chi connectivity index (χ2v) is 2.42. The van der Waals surface area contributed by atoms with Gasteiger partial charge in [-0.3, -0.25) is 0 Å². The van der Waals surface area contributed by atoms with Crippen LogP contribution in [-0.2, 0) is 0 Å². The Morgan fingerprint density at radius 3 is 2.75 bits per heavy atom. The maximum Gasteiger partial charge on any atom is 0.124 e. The highest BCUT2D eigenvalue weighted by atomic mass is 16.5. The maximum atomic E-state index is 9.44. The Labute approximate surface area is 72.1 Å². The van der Waals surface area contributed by atoms with E-state index in [1.165, 1.54) is 6.08 Å². The van der Waals surface area contributed by atoms with E-state index in [2.05, 4.69) is 6.58 Å². The van der Waals surface area contributed by atoms with Gasteiger partial charge in [0.1, 0.15) is 11.9 Å². The van der Waals surface area contributed by atoms with Crippen LogP contribution in [-0.4, -0.2) is 12.2 Å². The minimum Gasteiger partial charge on any atom is -0.496 e. The molecule has 12 heavy (non-hydrogen) atoms. The number of aliphatic hydroxyl groups excluding tert-OH is 1.